The number of ketones is 1. The molecule has 3 aliphatic rings. The number of allylic oxidation sites excluding steroid dienone is 5. The van der Waals surface area contributed by atoms with E-state index in [2.05, 4.69) is 16.5 Å². The molecule has 2 aromatic carbocycles. The van der Waals surface area contributed by atoms with Gasteiger partial charge < -0.3 is 54.6 Å². The van der Waals surface area contributed by atoms with Crippen LogP contribution < -0.4 is 10.1 Å². The van der Waals surface area contributed by atoms with Gasteiger partial charge in [0, 0.05) is 61.2 Å². The number of nitrogens with zero attached hydrogens (tertiary/aromatic N) is 1. The van der Waals surface area contributed by atoms with Gasteiger partial charge in [0.2, 0.25) is 0 Å². The molecule has 1 amide bonds. The molecular formula is C48H64N2O13. The van der Waals surface area contributed by atoms with E-state index in [1.165, 1.54) is 58.8 Å². The normalized spacial score (nSPS) is 29.1. The lowest BCUT2D eigenvalue weighted by Crippen LogP contribution is -2.46. The zero-order chi connectivity index (χ0) is 47.1. The van der Waals surface area contributed by atoms with Crippen molar-refractivity contribution in [3.8, 4) is 23.0 Å². The Hall–Kier alpha value is -5.64. The molecule has 3 heterocycles. The molecule has 0 fully saturated rings. The molecule has 15 nitrogen and oxygen atoms in total. The number of aliphatic hydroxyl groups excluding tert-OH is 2. The Labute approximate surface area is 369 Å². The number of hydrogen-bond acceptors (Lipinski definition) is 14. The Bertz CT molecular complexity index is 2230. The number of Topliss-reactive ketones (excluding diaryl/α,β-unsaturated/α-hetero) is 1. The number of hydrogen-bond donors (Lipinski definition) is 6. The van der Waals surface area contributed by atoms with E-state index in [-0.39, 0.29) is 51.1 Å². The highest BCUT2D eigenvalue weighted by atomic mass is 16.7. The SMILES string of the molecule is COC1/C=C/OC2(C)Oc3c(C)c(O)c4c(O)c(c(/C=N/OC/C=C(/C)CCC=C(C)C)c(O)c4c3C2=O)NC(=O)/C(C)=C/C=C/C(C)C(O)C(C)C(O)C(C)C(OC(C)=O)C1C. The highest BCUT2D eigenvalue weighted by Gasteiger charge is 2.50. The molecule has 9 atom stereocenters. The van der Waals surface area contributed by atoms with Crippen molar-refractivity contribution in [2.45, 2.75) is 119 Å². The predicted molar refractivity (Wildman–Crippen MR) is 240 cm³/mol. The van der Waals surface area contributed by atoms with Crippen LogP contribution in [0.1, 0.15) is 104 Å². The first-order valence-corrected chi connectivity index (χ1v) is 21.1. The molecule has 344 valence electrons. The fourth-order valence-electron chi connectivity index (χ4n) is 7.88. The largest absolute Gasteiger partial charge is 0.507 e. The number of carbonyl (C=O) groups is 3. The number of nitrogens with one attached hydrogen (secondary N) is 1. The molecule has 15 heteroatoms. The lowest BCUT2D eigenvalue weighted by Gasteiger charge is -2.38. The molecule has 2 aromatic rings. The van der Waals surface area contributed by atoms with Crippen LogP contribution in [0, 0.1) is 30.6 Å². The average Bonchev–Trinajstić information content (AvgIpc) is 3.49. The molecule has 0 radical (unpaired) electrons. The zero-order valence-electron chi connectivity index (χ0n) is 38.3. The Balaban J connectivity index is 1.91. The molecule has 5 rings (SSSR count). The molecule has 0 spiro atoms. The molecule has 0 saturated heterocycles. The van der Waals surface area contributed by atoms with Crippen LogP contribution in [0.25, 0.3) is 10.8 Å². The zero-order valence-corrected chi connectivity index (χ0v) is 38.3. The second kappa shape index (κ2) is 21.2. The number of aliphatic hydroxyl groups is 2. The van der Waals surface area contributed by atoms with Crippen LogP contribution in [-0.4, -0.2) is 93.3 Å². The number of methoxy groups -OCH3 is 1. The Morgan fingerprint density at radius 3 is 2.24 bits per heavy atom. The summed E-state index contributed by atoms with van der Waals surface area (Å²) in [7, 11) is 1.43. The van der Waals surface area contributed by atoms with Crippen LogP contribution in [0.2, 0.25) is 0 Å². The second-order valence-electron chi connectivity index (χ2n) is 17.0. The minimum Gasteiger partial charge on any atom is -0.507 e. The van der Waals surface area contributed by atoms with Gasteiger partial charge in [-0.3, -0.25) is 14.4 Å². The summed E-state index contributed by atoms with van der Waals surface area (Å²) in [6, 6.07) is 0. The van der Waals surface area contributed by atoms with Gasteiger partial charge in [-0.05, 0) is 59.6 Å². The standard InChI is InChI=1S/C48H64N2O13/c1-24(2)15-13-16-25(3)19-22-61-49-23-33-38-43(56)36-35(42(33)55)37-45(31(9)41(36)54)63-48(11,46(37)57)60-21-20-34(59-12)28(6)44(62-32(10)51)30(8)40(53)29(7)39(52)26(4)17-14-18-27(5)47(58)50-38/h14-15,17-21,23,26,28-30,34,39-40,44,52-56H,13,16,22H2,1-12H3,(H,50,58)/b17-14+,21-20+,25-19-,27-18+,49-23+. The minimum absolute atomic E-state index is 0.0306. The minimum atomic E-state index is -2.07. The summed E-state index contributed by atoms with van der Waals surface area (Å²) >= 11 is 0. The van der Waals surface area contributed by atoms with E-state index in [1.54, 1.807) is 39.8 Å². The second-order valence-corrected chi connectivity index (χ2v) is 17.0. The number of carbonyl (C=O) groups excluding carboxylic acids is 3. The van der Waals surface area contributed by atoms with E-state index >= 15 is 0 Å². The van der Waals surface area contributed by atoms with E-state index in [0.717, 1.165) is 24.6 Å². The number of benzene rings is 2. The van der Waals surface area contributed by atoms with Gasteiger partial charge in [-0.15, -0.1) is 0 Å². The van der Waals surface area contributed by atoms with Gasteiger partial charge in [0.1, 0.15) is 30.0 Å². The fraction of sp³-hybridized carbons (Fsp3) is 0.500. The van der Waals surface area contributed by atoms with Gasteiger partial charge in [-0.1, -0.05) is 68.3 Å². The van der Waals surface area contributed by atoms with E-state index in [1.807, 2.05) is 26.8 Å². The number of phenols is 3. The van der Waals surface area contributed by atoms with E-state index in [9.17, 15) is 39.9 Å². The van der Waals surface area contributed by atoms with Crippen molar-refractivity contribution in [2.75, 3.05) is 19.0 Å². The first-order chi connectivity index (χ1) is 29.6. The summed E-state index contributed by atoms with van der Waals surface area (Å²) in [5.74, 6) is -8.70. The molecule has 9 unspecified atom stereocenters. The van der Waals surface area contributed by atoms with E-state index < -0.39 is 88.8 Å². The summed E-state index contributed by atoms with van der Waals surface area (Å²) < 4.78 is 23.6. The molecule has 63 heavy (non-hydrogen) atoms. The molecule has 0 aromatic heterocycles. The quantitative estimate of drug-likeness (QED) is 0.0270. The maximum atomic E-state index is 14.4. The lowest BCUT2D eigenvalue weighted by molar-refractivity contribution is -0.160. The summed E-state index contributed by atoms with van der Waals surface area (Å²) in [5, 5.41) is 64.4. The highest BCUT2D eigenvalue weighted by molar-refractivity contribution is 6.23. The Morgan fingerprint density at radius 1 is 0.921 bits per heavy atom. The maximum absolute atomic E-state index is 14.4. The van der Waals surface area contributed by atoms with Gasteiger partial charge in [0.05, 0.1) is 53.0 Å². The summed E-state index contributed by atoms with van der Waals surface area (Å²) in [6.45, 7) is 18.5. The maximum Gasteiger partial charge on any atom is 0.312 e. The third-order valence-corrected chi connectivity index (χ3v) is 11.9. The topological polar surface area (TPSA) is 223 Å². The lowest BCUT2D eigenvalue weighted by atomic mass is 9.78. The van der Waals surface area contributed by atoms with Crippen LogP contribution >= 0.6 is 0 Å². The fourth-order valence-corrected chi connectivity index (χ4v) is 7.88. The van der Waals surface area contributed by atoms with Crippen LogP contribution in [0.5, 0.6) is 23.0 Å². The number of aromatic hydroxyl groups is 3. The third kappa shape index (κ3) is 11.1. The van der Waals surface area contributed by atoms with Crippen LogP contribution in [0.3, 0.4) is 0 Å². The Kier molecular flexibility index (Phi) is 16.8. The first kappa shape index (κ1) is 50.0. The smallest absolute Gasteiger partial charge is 0.312 e. The summed E-state index contributed by atoms with van der Waals surface area (Å²) in [5.41, 5.74) is 1.64. The van der Waals surface area contributed by atoms with Crippen molar-refractivity contribution in [3.63, 3.8) is 0 Å². The van der Waals surface area contributed by atoms with Gasteiger partial charge in [-0.2, -0.15) is 0 Å². The van der Waals surface area contributed by atoms with Crippen molar-refractivity contribution in [3.05, 3.63) is 76.1 Å². The predicted octanol–water partition coefficient (Wildman–Crippen LogP) is 7.80. The highest BCUT2D eigenvalue weighted by Crippen LogP contribution is 2.55. The number of amides is 1. The molecular weight excluding hydrogens is 813 g/mol. The van der Waals surface area contributed by atoms with Crippen LogP contribution in [0.4, 0.5) is 5.69 Å². The number of phenolic OH excluding ortho intramolecular Hbond substituents is 3. The van der Waals surface area contributed by atoms with Gasteiger partial charge >= 0.3 is 11.8 Å². The summed E-state index contributed by atoms with van der Waals surface area (Å²) in [4.78, 5) is 46.0. The first-order valence-electron chi connectivity index (χ1n) is 21.1. The Morgan fingerprint density at radius 2 is 1.60 bits per heavy atom. The number of rotatable bonds is 9. The third-order valence-electron chi connectivity index (χ3n) is 11.9. The van der Waals surface area contributed by atoms with Crippen LogP contribution in [-0.2, 0) is 28.6 Å². The van der Waals surface area contributed by atoms with Crippen molar-refractivity contribution < 1.29 is 63.7 Å². The number of esters is 1. The molecule has 3 aliphatic heterocycles. The van der Waals surface area contributed by atoms with E-state index in [4.69, 9.17) is 23.8 Å². The molecule has 0 saturated carbocycles. The van der Waals surface area contributed by atoms with Gasteiger partial charge in [0.15, 0.2) is 5.75 Å². The molecule has 0 aliphatic carbocycles. The van der Waals surface area contributed by atoms with Crippen molar-refractivity contribution in [1.29, 1.82) is 0 Å². The number of anilines is 1. The van der Waals surface area contributed by atoms with Crippen molar-refractivity contribution in [1.82, 2.24) is 0 Å². The van der Waals surface area contributed by atoms with E-state index in [0.29, 0.717) is 0 Å². The summed E-state index contributed by atoms with van der Waals surface area (Å²) in [6.07, 6.45) is 10.2. The number of ether oxygens (including phenoxy) is 4. The van der Waals surface area contributed by atoms with Crippen molar-refractivity contribution >= 4 is 40.3 Å². The number of oxime groups is 1. The van der Waals surface area contributed by atoms with Gasteiger partial charge in [0.25, 0.3) is 11.7 Å². The average molecular weight is 877 g/mol. The monoisotopic (exact) mass is 876 g/mol. The van der Waals surface area contributed by atoms with Crippen molar-refractivity contribution in [2.24, 2.45) is 28.8 Å². The van der Waals surface area contributed by atoms with Crippen LogP contribution in [0.15, 0.2) is 64.6 Å². The molecule has 5 bridgehead atoms. The number of fused-ring (bicyclic) bond motifs is 14. The van der Waals surface area contributed by atoms with Gasteiger partial charge in [-0.25, -0.2) is 0 Å². The molecule has 6 N–H and O–H groups in total.